The van der Waals surface area contributed by atoms with Crippen molar-refractivity contribution >= 4 is 35.8 Å². The predicted molar refractivity (Wildman–Crippen MR) is 124 cm³/mol. The first-order valence-corrected chi connectivity index (χ1v) is 10.4. The Labute approximate surface area is 185 Å². The zero-order valence-electron chi connectivity index (χ0n) is 16.8. The van der Waals surface area contributed by atoms with E-state index >= 15 is 0 Å². The highest BCUT2D eigenvalue weighted by atomic mass is 127. The quantitative estimate of drug-likeness (QED) is 0.331. The fourth-order valence-electron chi connectivity index (χ4n) is 4.42. The second-order valence-electron chi connectivity index (χ2n) is 8.59. The molecule has 2 N–H and O–H groups in total. The molecule has 0 spiro atoms. The SMILES string of the molecule is CN=C(NCC1CC(=O)N(CCc2ccccc2)C1)NCC1(C2CC2)CC1.I. The van der Waals surface area contributed by atoms with Crippen LogP contribution in [-0.4, -0.2) is 50.0 Å². The highest BCUT2D eigenvalue weighted by Gasteiger charge is 2.53. The highest BCUT2D eigenvalue weighted by molar-refractivity contribution is 14.0. The fourth-order valence-corrected chi connectivity index (χ4v) is 4.42. The van der Waals surface area contributed by atoms with Gasteiger partial charge in [-0.1, -0.05) is 30.3 Å². The molecule has 4 rings (SSSR count). The van der Waals surface area contributed by atoms with Gasteiger partial charge in [0, 0.05) is 45.6 Å². The van der Waals surface area contributed by atoms with Gasteiger partial charge in [-0.15, -0.1) is 24.0 Å². The Bertz CT molecular complexity index is 685. The molecule has 1 saturated heterocycles. The number of likely N-dealkylation sites (tertiary alicyclic amines) is 1. The molecule has 0 bridgehead atoms. The monoisotopic (exact) mass is 496 g/mol. The van der Waals surface area contributed by atoms with Crippen molar-refractivity contribution in [1.82, 2.24) is 15.5 Å². The van der Waals surface area contributed by atoms with Crippen LogP contribution in [0.2, 0.25) is 0 Å². The summed E-state index contributed by atoms with van der Waals surface area (Å²) in [6.07, 6.45) is 7.14. The van der Waals surface area contributed by atoms with E-state index < -0.39 is 0 Å². The van der Waals surface area contributed by atoms with Gasteiger partial charge in [0.15, 0.2) is 5.96 Å². The van der Waals surface area contributed by atoms with E-state index in [9.17, 15) is 4.79 Å². The Hall–Kier alpha value is -1.31. The van der Waals surface area contributed by atoms with Crippen molar-refractivity contribution in [3.63, 3.8) is 0 Å². The number of rotatable bonds is 8. The van der Waals surface area contributed by atoms with E-state index in [1.54, 1.807) is 0 Å². The van der Waals surface area contributed by atoms with Gasteiger partial charge < -0.3 is 15.5 Å². The van der Waals surface area contributed by atoms with Crippen LogP contribution in [0.3, 0.4) is 0 Å². The molecule has 28 heavy (non-hydrogen) atoms. The number of hydrogen-bond acceptors (Lipinski definition) is 2. The summed E-state index contributed by atoms with van der Waals surface area (Å²) in [5.41, 5.74) is 1.86. The third kappa shape index (κ3) is 5.39. The number of guanidine groups is 1. The summed E-state index contributed by atoms with van der Waals surface area (Å²) in [7, 11) is 1.83. The summed E-state index contributed by atoms with van der Waals surface area (Å²) in [5, 5.41) is 6.97. The number of amides is 1. The molecule has 1 aromatic rings. The van der Waals surface area contributed by atoms with Gasteiger partial charge in [-0.2, -0.15) is 0 Å². The second-order valence-corrected chi connectivity index (χ2v) is 8.59. The van der Waals surface area contributed by atoms with Gasteiger partial charge in [0.1, 0.15) is 0 Å². The number of carbonyl (C=O) groups is 1. The molecule has 2 aliphatic carbocycles. The summed E-state index contributed by atoms with van der Waals surface area (Å²) in [5.74, 6) is 2.49. The Morgan fingerprint density at radius 3 is 2.61 bits per heavy atom. The lowest BCUT2D eigenvalue weighted by Gasteiger charge is -2.20. The van der Waals surface area contributed by atoms with Crippen LogP contribution in [0.5, 0.6) is 0 Å². The molecule has 3 aliphatic rings. The number of nitrogens with zero attached hydrogens (tertiary/aromatic N) is 2. The van der Waals surface area contributed by atoms with Crippen LogP contribution in [0.4, 0.5) is 0 Å². The van der Waals surface area contributed by atoms with Gasteiger partial charge >= 0.3 is 0 Å². The molecule has 6 heteroatoms. The summed E-state index contributed by atoms with van der Waals surface area (Å²) >= 11 is 0. The average molecular weight is 496 g/mol. The molecule has 1 aliphatic heterocycles. The minimum absolute atomic E-state index is 0. The van der Waals surface area contributed by atoms with Crippen molar-refractivity contribution in [2.45, 2.75) is 38.5 Å². The molecule has 1 unspecified atom stereocenters. The molecule has 1 heterocycles. The lowest BCUT2D eigenvalue weighted by Crippen LogP contribution is -2.42. The number of hydrogen-bond donors (Lipinski definition) is 2. The zero-order valence-corrected chi connectivity index (χ0v) is 19.2. The van der Waals surface area contributed by atoms with Gasteiger partial charge in [-0.3, -0.25) is 9.79 Å². The van der Waals surface area contributed by atoms with Crippen molar-refractivity contribution in [3.05, 3.63) is 35.9 Å². The Morgan fingerprint density at radius 1 is 1.21 bits per heavy atom. The number of carbonyl (C=O) groups excluding carboxylic acids is 1. The summed E-state index contributed by atoms with van der Waals surface area (Å²) in [4.78, 5) is 18.7. The van der Waals surface area contributed by atoms with Crippen LogP contribution in [0.25, 0.3) is 0 Å². The standard InChI is InChI=1S/C22H32N4O.HI/c1-23-21(25-16-22(10-11-22)19-7-8-19)24-14-18-13-20(27)26(15-18)12-9-17-5-3-2-4-6-17;/h2-6,18-19H,7-16H2,1H3,(H2,23,24,25);1H. The van der Waals surface area contributed by atoms with Gasteiger partial charge in [-0.05, 0) is 49.0 Å². The first-order chi connectivity index (χ1) is 13.2. The van der Waals surface area contributed by atoms with E-state index in [1.807, 2.05) is 18.0 Å². The third-order valence-electron chi connectivity index (χ3n) is 6.53. The van der Waals surface area contributed by atoms with Gasteiger partial charge in [0.2, 0.25) is 5.91 Å². The maximum Gasteiger partial charge on any atom is 0.223 e. The van der Waals surface area contributed by atoms with E-state index in [4.69, 9.17) is 0 Å². The number of halogens is 1. The minimum atomic E-state index is 0. The summed E-state index contributed by atoms with van der Waals surface area (Å²) in [6.45, 7) is 3.52. The number of aliphatic imine (C=N–C) groups is 1. The lowest BCUT2D eigenvalue weighted by atomic mass is 10.0. The molecule has 1 atom stereocenters. The molecule has 5 nitrogen and oxygen atoms in total. The van der Waals surface area contributed by atoms with Gasteiger partial charge in [0.25, 0.3) is 0 Å². The minimum Gasteiger partial charge on any atom is -0.356 e. The first-order valence-electron chi connectivity index (χ1n) is 10.4. The van der Waals surface area contributed by atoms with Crippen LogP contribution in [0, 0.1) is 17.3 Å². The van der Waals surface area contributed by atoms with Crippen molar-refractivity contribution in [1.29, 1.82) is 0 Å². The molecule has 0 aromatic heterocycles. The highest BCUT2D eigenvalue weighted by Crippen LogP contribution is 2.60. The molecule has 1 amide bonds. The van der Waals surface area contributed by atoms with Crippen molar-refractivity contribution < 1.29 is 4.79 Å². The second kappa shape index (κ2) is 9.46. The van der Waals surface area contributed by atoms with Crippen molar-refractivity contribution in [3.8, 4) is 0 Å². The first kappa shape index (κ1) is 21.4. The van der Waals surface area contributed by atoms with E-state index in [0.717, 1.165) is 44.5 Å². The average Bonchev–Trinajstić information content (AvgIpc) is 3.59. The molecule has 154 valence electrons. The van der Waals surface area contributed by atoms with Crippen molar-refractivity contribution in [2.75, 3.05) is 33.2 Å². The lowest BCUT2D eigenvalue weighted by molar-refractivity contribution is -0.127. The van der Waals surface area contributed by atoms with E-state index in [2.05, 4.69) is 39.9 Å². The zero-order chi connectivity index (χ0) is 18.7. The molecule has 0 radical (unpaired) electrons. The van der Waals surface area contributed by atoms with Gasteiger partial charge in [-0.25, -0.2) is 0 Å². The predicted octanol–water partition coefficient (Wildman–Crippen LogP) is 3.05. The van der Waals surface area contributed by atoms with Crippen LogP contribution in [0.1, 0.15) is 37.7 Å². The normalized spacial score (nSPS) is 23.3. The number of nitrogens with one attached hydrogen (secondary N) is 2. The summed E-state index contributed by atoms with van der Waals surface area (Å²) in [6, 6.07) is 10.4. The smallest absolute Gasteiger partial charge is 0.223 e. The van der Waals surface area contributed by atoms with Crippen molar-refractivity contribution in [2.24, 2.45) is 22.2 Å². The molecule has 2 saturated carbocycles. The molecule has 3 fully saturated rings. The topological polar surface area (TPSA) is 56.7 Å². The van der Waals surface area contributed by atoms with Gasteiger partial charge in [0.05, 0.1) is 0 Å². The van der Waals surface area contributed by atoms with E-state index in [0.29, 0.717) is 17.8 Å². The third-order valence-corrected chi connectivity index (χ3v) is 6.53. The fraction of sp³-hybridized carbons (Fsp3) is 0.636. The summed E-state index contributed by atoms with van der Waals surface area (Å²) < 4.78 is 0. The Kier molecular flexibility index (Phi) is 7.23. The largest absolute Gasteiger partial charge is 0.356 e. The molecular formula is C22H33IN4O. The van der Waals surface area contributed by atoms with Crippen LogP contribution in [-0.2, 0) is 11.2 Å². The maximum absolute atomic E-state index is 12.3. The van der Waals surface area contributed by atoms with Crippen LogP contribution < -0.4 is 10.6 Å². The van der Waals surface area contributed by atoms with Crippen LogP contribution in [0.15, 0.2) is 35.3 Å². The van der Waals surface area contributed by atoms with Crippen LogP contribution >= 0.6 is 24.0 Å². The molecular weight excluding hydrogens is 463 g/mol. The Balaban J connectivity index is 0.00000225. The van der Waals surface area contributed by atoms with E-state index in [1.165, 1.54) is 31.2 Å². The maximum atomic E-state index is 12.3. The van der Waals surface area contributed by atoms with E-state index in [-0.39, 0.29) is 29.9 Å². The number of benzene rings is 1. The Morgan fingerprint density at radius 2 is 1.96 bits per heavy atom. The molecule has 1 aromatic carbocycles.